The first-order chi connectivity index (χ1) is 5.33. The lowest BCUT2D eigenvalue weighted by atomic mass is 10.2. The molecule has 0 amide bonds. The number of benzene rings is 1. The van der Waals surface area contributed by atoms with Crippen molar-refractivity contribution in [3.8, 4) is 0 Å². The van der Waals surface area contributed by atoms with Crippen molar-refractivity contribution in [1.29, 1.82) is 5.41 Å². The average Bonchev–Trinajstić information content (AvgIpc) is 2.10. The Labute approximate surface area is 65.4 Å². The molecule has 0 aromatic heterocycles. The van der Waals surface area contributed by atoms with Crippen molar-refractivity contribution in [3.05, 3.63) is 35.6 Å². The summed E-state index contributed by atoms with van der Waals surface area (Å²) < 4.78 is 12.1. The van der Waals surface area contributed by atoms with Gasteiger partial charge in [-0.1, -0.05) is 12.1 Å². The summed E-state index contributed by atoms with van der Waals surface area (Å²) in [6, 6.07) is 5.78. The Morgan fingerprint density at radius 2 is 1.73 bits per heavy atom. The third-order valence-corrected chi connectivity index (χ3v) is 1.04. The molecule has 0 spiro atoms. The maximum atomic E-state index is 12.1. The molecule has 0 aliphatic rings. The van der Waals surface area contributed by atoms with Gasteiger partial charge in [0.05, 0.1) is 0 Å². The minimum Gasteiger partial charge on any atom is -0.333 e. The highest BCUT2D eigenvalue weighted by Crippen LogP contribution is 1.98. The van der Waals surface area contributed by atoms with Gasteiger partial charge in [0, 0.05) is 6.21 Å². The van der Waals surface area contributed by atoms with Gasteiger partial charge < -0.3 is 11.1 Å². The summed E-state index contributed by atoms with van der Waals surface area (Å²) >= 11 is 0. The van der Waals surface area contributed by atoms with E-state index in [2.05, 4.69) is 5.73 Å². The summed E-state index contributed by atoms with van der Waals surface area (Å²) in [5.74, 6) is -0.263. The molecule has 60 valence electrons. The van der Waals surface area contributed by atoms with E-state index < -0.39 is 0 Å². The number of nitrogens with two attached hydrogens (primary N) is 1. The van der Waals surface area contributed by atoms with Gasteiger partial charge >= 0.3 is 0 Å². The molecule has 0 fully saturated rings. The molecule has 1 aromatic rings. The normalized spacial score (nSPS) is 7.91. The van der Waals surface area contributed by atoms with Crippen LogP contribution in [0.1, 0.15) is 5.56 Å². The van der Waals surface area contributed by atoms with Crippen LogP contribution in [0.25, 0.3) is 0 Å². The standard InChI is InChI=1S/C7H6FN.CH5N/c8-7-3-1-6(5-9)2-4-7;1-2/h1-5,9H;2H2,1H3. The molecule has 0 atom stereocenters. The van der Waals surface area contributed by atoms with Crippen LogP contribution in [0.5, 0.6) is 0 Å². The van der Waals surface area contributed by atoms with Gasteiger partial charge in [-0.2, -0.15) is 0 Å². The Hall–Kier alpha value is -1.22. The summed E-state index contributed by atoms with van der Waals surface area (Å²) in [6.45, 7) is 0. The average molecular weight is 154 g/mol. The number of nitrogens with one attached hydrogen (secondary N) is 1. The lowest BCUT2D eigenvalue weighted by Crippen LogP contribution is -1.78. The second-order valence-corrected chi connectivity index (χ2v) is 1.70. The van der Waals surface area contributed by atoms with Crippen LogP contribution in [-0.4, -0.2) is 13.3 Å². The molecular weight excluding hydrogens is 143 g/mol. The molecule has 3 N–H and O–H groups in total. The Morgan fingerprint density at radius 3 is 2.09 bits per heavy atom. The van der Waals surface area contributed by atoms with Gasteiger partial charge in [-0.05, 0) is 24.7 Å². The zero-order valence-corrected chi connectivity index (χ0v) is 6.34. The van der Waals surface area contributed by atoms with Crippen molar-refractivity contribution in [2.24, 2.45) is 5.73 Å². The second-order valence-electron chi connectivity index (χ2n) is 1.70. The fourth-order valence-electron chi connectivity index (χ4n) is 0.559. The minimum absolute atomic E-state index is 0.263. The Balaban J connectivity index is 0.000000461. The largest absolute Gasteiger partial charge is 0.333 e. The third kappa shape index (κ3) is 3.47. The van der Waals surface area contributed by atoms with E-state index in [9.17, 15) is 4.39 Å². The smallest absolute Gasteiger partial charge is 0.123 e. The van der Waals surface area contributed by atoms with Gasteiger partial charge in [-0.3, -0.25) is 0 Å². The van der Waals surface area contributed by atoms with E-state index in [1.165, 1.54) is 25.4 Å². The lowest BCUT2D eigenvalue weighted by molar-refractivity contribution is 0.628. The summed E-state index contributed by atoms with van der Waals surface area (Å²) in [7, 11) is 1.50. The minimum atomic E-state index is -0.263. The van der Waals surface area contributed by atoms with Crippen LogP contribution < -0.4 is 5.73 Å². The van der Waals surface area contributed by atoms with E-state index in [0.717, 1.165) is 5.56 Å². The highest BCUT2D eigenvalue weighted by Gasteiger charge is 1.86. The molecule has 0 bridgehead atoms. The van der Waals surface area contributed by atoms with Crippen LogP contribution in [-0.2, 0) is 0 Å². The first-order valence-electron chi connectivity index (χ1n) is 3.17. The van der Waals surface area contributed by atoms with Crippen LogP contribution in [0.4, 0.5) is 4.39 Å². The van der Waals surface area contributed by atoms with Crippen molar-refractivity contribution in [3.63, 3.8) is 0 Å². The third-order valence-electron chi connectivity index (χ3n) is 1.04. The van der Waals surface area contributed by atoms with Crippen molar-refractivity contribution >= 4 is 6.21 Å². The van der Waals surface area contributed by atoms with Gasteiger partial charge in [0.15, 0.2) is 0 Å². The van der Waals surface area contributed by atoms with E-state index in [4.69, 9.17) is 5.41 Å². The molecule has 0 unspecified atom stereocenters. The van der Waals surface area contributed by atoms with Crippen molar-refractivity contribution in [2.45, 2.75) is 0 Å². The molecule has 0 saturated carbocycles. The predicted octanol–water partition coefficient (Wildman–Crippen LogP) is 1.40. The predicted molar refractivity (Wildman–Crippen MR) is 44.4 cm³/mol. The van der Waals surface area contributed by atoms with E-state index in [1.54, 1.807) is 12.1 Å². The summed E-state index contributed by atoms with van der Waals surface area (Å²) in [5.41, 5.74) is 5.22. The summed E-state index contributed by atoms with van der Waals surface area (Å²) in [5, 5.41) is 6.77. The second kappa shape index (κ2) is 5.56. The maximum Gasteiger partial charge on any atom is 0.123 e. The van der Waals surface area contributed by atoms with Crippen molar-refractivity contribution in [2.75, 3.05) is 7.05 Å². The molecule has 0 aliphatic heterocycles. The van der Waals surface area contributed by atoms with Gasteiger partial charge in [-0.25, -0.2) is 4.39 Å². The maximum absolute atomic E-state index is 12.1. The van der Waals surface area contributed by atoms with Gasteiger partial charge in [0.25, 0.3) is 0 Å². The van der Waals surface area contributed by atoms with Gasteiger partial charge in [0.1, 0.15) is 5.82 Å². The van der Waals surface area contributed by atoms with Crippen LogP contribution in [0.15, 0.2) is 24.3 Å². The molecule has 0 saturated heterocycles. The fraction of sp³-hybridized carbons (Fsp3) is 0.125. The topological polar surface area (TPSA) is 49.9 Å². The van der Waals surface area contributed by atoms with E-state index in [-0.39, 0.29) is 5.82 Å². The number of hydrogen-bond acceptors (Lipinski definition) is 2. The number of hydrogen-bond donors (Lipinski definition) is 2. The Kier molecular flexibility index (Phi) is 4.94. The quantitative estimate of drug-likeness (QED) is 0.590. The van der Waals surface area contributed by atoms with Crippen LogP contribution in [0.2, 0.25) is 0 Å². The van der Waals surface area contributed by atoms with Gasteiger partial charge in [-0.15, -0.1) is 0 Å². The Bertz CT molecular complexity index is 206. The van der Waals surface area contributed by atoms with E-state index in [0.29, 0.717) is 0 Å². The number of halogens is 1. The highest BCUT2D eigenvalue weighted by molar-refractivity contribution is 5.76. The van der Waals surface area contributed by atoms with Crippen LogP contribution in [0, 0.1) is 11.2 Å². The molecule has 0 radical (unpaired) electrons. The monoisotopic (exact) mass is 154 g/mol. The summed E-state index contributed by atoms with van der Waals surface area (Å²) in [6.07, 6.45) is 1.18. The molecule has 2 nitrogen and oxygen atoms in total. The highest BCUT2D eigenvalue weighted by atomic mass is 19.1. The number of rotatable bonds is 1. The molecule has 0 aliphatic carbocycles. The Morgan fingerprint density at radius 1 is 1.27 bits per heavy atom. The molecule has 0 heterocycles. The zero-order valence-electron chi connectivity index (χ0n) is 6.34. The molecule has 1 rings (SSSR count). The van der Waals surface area contributed by atoms with Gasteiger partial charge in [0.2, 0.25) is 0 Å². The zero-order chi connectivity index (χ0) is 8.69. The molecule has 1 aromatic carbocycles. The lowest BCUT2D eigenvalue weighted by Gasteiger charge is -1.87. The molecule has 3 heteroatoms. The van der Waals surface area contributed by atoms with Crippen molar-refractivity contribution < 1.29 is 4.39 Å². The van der Waals surface area contributed by atoms with Crippen LogP contribution >= 0.6 is 0 Å². The first-order valence-corrected chi connectivity index (χ1v) is 3.17. The van der Waals surface area contributed by atoms with E-state index in [1.807, 2.05) is 0 Å². The first kappa shape index (κ1) is 9.78. The van der Waals surface area contributed by atoms with Crippen molar-refractivity contribution in [1.82, 2.24) is 0 Å². The summed E-state index contributed by atoms with van der Waals surface area (Å²) in [4.78, 5) is 0. The molecule has 11 heavy (non-hydrogen) atoms. The van der Waals surface area contributed by atoms with E-state index >= 15 is 0 Å². The van der Waals surface area contributed by atoms with Crippen LogP contribution in [0.3, 0.4) is 0 Å². The SMILES string of the molecule is CN.N=Cc1ccc(F)cc1. The molecular formula is C8H11FN2. The fourth-order valence-corrected chi connectivity index (χ4v) is 0.559.